The number of aryl methyl sites for hydroxylation is 1. The standard InChI is InChI=1S/C17H17NO2S/c1-2-12-5-6-15-13(9-17(19)20-16(15)8-12)10-18-11-14-4-3-7-21-14/h3-9,18H,2,10-11H2,1H3. The van der Waals surface area contributed by atoms with E-state index in [0.29, 0.717) is 12.1 Å². The minimum atomic E-state index is -0.288. The van der Waals surface area contributed by atoms with Crippen molar-refractivity contribution in [3.05, 3.63) is 68.2 Å². The molecule has 1 aromatic carbocycles. The van der Waals surface area contributed by atoms with E-state index < -0.39 is 0 Å². The van der Waals surface area contributed by atoms with Gasteiger partial charge in [0.05, 0.1) is 0 Å². The van der Waals surface area contributed by atoms with E-state index in [4.69, 9.17) is 4.42 Å². The Bertz CT molecular complexity index is 790. The van der Waals surface area contributed by atoms with Crippen LogP contribution in [0.5, 0.6) is 0 Å². The molecule has 0 aliphatic carbocycles. The van der Waals surface area contributed by atoms with E-state index in [0.717, 1.165) is 23.9 Å². The van der Waals surface area contributed by atoms with Crippen molar-refractivity contribution in [3.8, 4) is 0 Å². The first-order chi connectivity index (χ1) is 10.3. The Morgan fingerprint density at radius 1 is 1.19 bits per heavy atom. The van der Waals surface area contributed by atoms with E-state index in [9.17, 15) is 4.79 Å². The van der Waals surface area contributed by atoms with Gasteiger partial charge in [0.2, 0.25) is 0 Å². The van der Waals surface area contributed by atoms with Gasteiger partial charge in [0.25, 0.3) is 0 Å². The molecule has 3 rings (SSSR count). The van der Waals surface area contributed by atoms with Gasteiger partial charge >= 0.3 is 5.63 Å². The Balaban J connectivity index is 1.85. The van der Waals surface area contributed by atoms with Gasteiger partial charge < -0.3 is 9.73 Å². The van der Waals surface area contributed by atoms with Crippen LogP contribution in [-0.4, -0.2) is 0 Å². The summed E-state index contributed by atoms with van der Waals surface area (Å²) in [6, 6.07) is 11.8. The summed E-state index contributed by atoms with van der Waals surface area (Å²) in [7, 11) is 0. The topological polar surface area (TPSA) is 42.2 Å². The second-order valence-corrected chi connectivity index (χ2v) is 5.99. The molecule has 0 aliphatic rings. The van der Waals surface area contributed by atoms with Crippen LogP contribution in [0.25, 0.3) is 11.0 Å². The van der Waals surface area contributed by atoms with Crippen molar-refractivity contribution >= 4 is 22.3 Å². The molecule has 0 atom stereocenters. The number of thiophene rings is 1. The predicted molar refractivity (Wildman–Crippen MR) is 86.7 cm³/mol. The normalized spacial score (nSPS) is 11.1. The summed E-state index contributed by atoms with van der Waals surface area (Å²) < 4.78 is 5.32. The first-order valence-corrected chi connectivity index (χ1v) is 7.93. The molecule has 0 saturated heterocycles. The third kappa shape index (κ3) is 3.23. The zero-order valence-corrected chi connectivity index (χ0v) is 12.7. The Labute approximate surface area is 127 Å². The summed E-state index contributed by atoms with van der Waals surface area (Å²) in [5, 5.41) is 6.45. The second kappa shape index (κ2) is 6.24. The molecule has 4 heteroatoms. The van der Waals surface area contributed by atoms with Crippen molar-refractivity contribution in [1.82, 2.24) is 5.32 Å². The Kier molecular flexibility index (Phi) is 4.18. The number of benzene rings is 1. The molecule has 0 spiro atoms. The molecule has 0 radical (unpaired) electrons. The first kappa shape index (κ1) is 14.0. The fraction of sp³-hybridized carbons (Fsp3) is 0.235. The number of nitrogens with one attached hydrogen (secondary N) is 1. The molecular formula is C17H17NO2S. The summed E-state index contributed by atoms with van der Waals surface area (Å²) in [4.78, 5) is 13.0. The molecule has 2 aromatic heterocycles. The lowest BCUT2D eigenvalue weighted by molar-refractivity contribution is 0.556. The quantitative estimate of drug-likeness (QED) is 0.730. The van der Waals surface area contributed by atoms with Gasteiger partial charge in [-0.15, -0.1) is 11.3 Å². The molecule has 108 valence electrons. The van der Waals surface area contributed by atoms with E-state index in [2.05, 4.69) is 29.8 Å². The van der Waals surface area contributed by atoms with Gasteiger partial charge in [-0.05, 0) is 35.1 Å². The van der Waals surface area contributed by atoms with Gasteiger partial charge in [0.15, 0.2) is 0 Å². The van der Waals surface area contributed by atoms with Crippen LogP contribution in [0.15, 0.2) is 51.0 Å². The number of rotatable bonds is 5. The third-order valence-corrected chi connectivity index (χ3v) is 4.37. The summed E-state index contributed by atoms with van der Waals surface area (Å²) in [5.41, 5.74) is 2.55. The summed E-state index contributed by atoms with van der Waals surface area (Å²) in [6.07, 6.45) is 0.931. The largest absolute Gasteiger partial charge is 0.423 e. The fourth-order valence-electron chi connectivity index (χ4n) is 2.37. The molecule has 0 fully saturated rings. The van der Waals surface area contributed by atoms with E-state index in [1.54, 1.807) is 17.4 Å². The van der Waals surface area contributed by atoms with Crippen molar-refractivity contribution < 1.29 is 4.42 Å². The highest BCUT2D eigenvalue weighted by Gasteiger charge is 2.06. The third-order valence-electron chi connectivity index (χ3n) is 3.50. The number of hydrogen-bond acceptors (Lipinski definition) is 4. The average Bonchev–Trinajstić information content (AvgIpc) is 2.99. The zero-order valence-electron chi connectivity index (χ0n) is 11.9. The fourth-order valence-corrected chi connectivity index (χ4v) is 3.05. The molecule has 3 aromatic rings. The van der Waals surface area contributed by atoms with E-state index in [-0.39, 0.29) is 5.63 Å². The highest BCUT2D eigenvalue weighted by molar-refractivity contribution is 7.09. The van der Waals surface area contributed by atoms with Gasteiger partial charge in [0.1, 0.15) is 5.58 Å². The van der Waals surface area contributed by atoms with Crippen LogP contribution >= 0.6 is 11.3 Å². The van der Waals surface area contributed by atoms with Gasteiger partial charge in [-0.2, -0.15) is 0 Å². The lowest BCUT2D eigenvalue weighted by Gasteiger charge is -2.07. The Morgan fingerprint density at radius 3 is 2.86 bits per heavy atom. The van der Waals surface area contributed by atoms with Crippen molar-refractivity contribution in [1.29, 1.82) is 0 Å². The molecule has 0 amide bonds. The number of fused-ring (bicyclic) bond motifs is 1. The van der Waals surface area contributed by atoms with Crippen LogP contribution in [0.3, 0.4) is 0 Å². The Morgan fingerprint density at radius 2 is 2.10 bits per heavy atom. The highest BCUT2D eigenvalue weighted by atomic mass is 32.1. The van der Waals surface area contributed by atoms with E-state index in [1.165, 1.54) is 10.4 Å². The van der Waals surface area contributed by atoms with Crippen LogP contribution in [0.2, 0.25) is 0 Å². The average molecular weight is 299 g/mol. The van der Waals surface area contributed by atoms with Gasteiger partial charge in [-0.3, -0.25) is 0 Å². The highest BCUT2D eigenvalue weighted by Crippen LogP contribution is 2.19. The van der Waals surface area contributed by atoms with Crippen LogP contribution in [0.4, 0.5) is 0 Å². The lowest BCUT2D eigenvalue weighted by Crippen LogP contribution is -2.14. The summed E-state index contributed by atoms with van der Waals surface area (Å²) >= 11 is 1.73. The Hall–Kier alpha value is -1.91. The summed E-state index contributed by atoms with van der Waals surface area (Å²) in [6.45, 7) is 3.56. The first-order valence-electron chi connectivity index (χ1n) is 7.05. The minimum Gasteiger partial charge on any atom is -0.423 e. The lowest BCUT2D eigenvalue weighted by atomic mass is 10.1. The molecule has 21 heavy (non-hydrogen) atoms. The van der Waals surface area contributed by atoms with Crippen LogP contribution in [0.1, 0.15) is 22.9 Å². The van der Waals surface area contributed by atoms with Crippen molar-refractivity contribution in [2.45, 2.75) is 26.4 Å². The maximum atomic E-state index is 11.7. The maximum absolute atomic E-state index is 11.7. The second-order valence-electron chi connectivity index (χ2n) is 4.96. The summed E-state index contributed by atoms with van der Waals surface area (Å²) in [5.74, 6) is 0. The predicted octanol–water partition coefficient (Wildman–Crippen LogP) is 3.71. The minimum absolute atomic E-state index is 0.288. The van der Waals surface area contributed by atoms with E-state index in [1.807, 2.05) is 18.2 Å². The van der Waals surface area contributed by atoms with Crippen molar-refractivity contribution in [3.63, 3.8) is 0 Å². The van der Waals surface area contributed by atoms with Gasteiger partial charge in [0, 0.05) is 29.4 Å². The molecule has 0 unspecified atom stereocenters. The van der Waals surface area contributed by atoms with Crippen LogP contribution in [0, 0.1) is 0 Å². The number of hydrogen-bond donors (Lipinski definition) is 1. The molecule has 0 bridgehead atoms. The smallest absolute Gasteiger partial charge is 0.336 e. The van der Waals surface area contributed by atoms with Crippen LogP contribution in [-0.2, 0) is 19.5 Å². The van der Waals surface area contributed by atoms with Gasteiger partial charge in [-0.1, -0.05) is 25.1 Å². The van der Waals surface area contributed by atoms with Crippen LogP contribution < -0.4 is 10.9 Å². The molecule has 3 nitrogen and oxygen atoms in total. The maximum Gasteiger partial charge on any atom is 0.336 e. The van der Waals surface area contributed by atoms with Crippen molar-refractivity contribution in [2.75, 3.05) is 0 Å². The molecule has 0 saturated carbocycles. The SMILES string of the molecule is CCc1ccc2c(CNCc3cccs3)cc(=O)oc2c1. The van der Waals surface area contributed by atoms with Crippen molar-refractivity contribution in [2.24, 2.45) is 0 Å². The van der Waals surface area contributed by atoms with Gasteiger partial charge in [-0.25, -0.2) is 4.79 Å². The monoisotopic (exact) mass is 299 g/mol. The molecule has 1 N–H and O–H groups in total. The van der Waals surface area contributed by atoms with E-state index >= 15 is 0 Å². The molecular weight excluding hydrogens is 282 g/mol. The zero-order chi connectivity index (χ0) is 14.7. The molecule has 0 aliphatic heterocycles. The molecule has 2 heterocycles.